The van der Waals surface area contributed by atoms with Gasteiger partial charge in [0.15, 0.2) is 5.78 Å². The number of aliphatic carboxylic acids is 6. The molecule has 0 spiro atoms. The van der Waals surface area contributed by atoms with E-state index in [1.165, 1.54) is 0 Å². The molecule has 24 nitrogen and oxygen atoms in total. The summed E-state index contributed by atoms with van der Waals surface area (Å²) in [5.74, 6) is -8.86. The van der Waals surface area contributed by atoms with E-state index in [-0.39, 0.29) is 89.7 Å². The van der Waals surface area contributed by atoms with Gasteiger partial charge in [0.05, 0.1) is 38.0 Å². The number of aliphatic hydroxyl groups is 1. The third-order valence-electron chi connectivity index (χ3n) is 10.9. The number of hydrogen-bond donors (Lipinski definition) is 11. The average Bonchev–Trinajstić information content (AvgIpc) is 3.22. The molecule has 1 saturated heterocycles. The zero-order valence-electron chi connectivity index (χ0n) is 37.9. The van der Waals surface area contributed by atoms with Crippen molar-refractivity contribution in [2.75, 3.05) is 83.9 Å². The first-order valence-corrected chi connectivity index (χ1v) is 21.9. The molecule has 1 fully saturated rings. The quantitative estimate of drug-likeness (QED) is 0.0386. The molecule has 1 aromatic rings. The molecule has 2 rings (SSSR count). The number of carbonyl (C=O) groups excluding carboxylic acids is 3. The van der Waals surface area contributed by atoms with E-state index in [0.717, 1.165) is 5.56 Å². The van der Waals surface area contributed by atoms with Gasteiger partial charge in [0.2, 0.25) is 5.91 Å². The molecule has 1 unspecified atom stereocenters. The van der Waals surface area contributed by atoms with Gasteiger partial charge in [-0.3, -0.25) is 48.4 Å². The van der Waals surface area contributed by atoms with E-state index < -0.39 is 90.7 Å². The van der Waals surface area contributed by atoms with Gasteiger partial charge in [0.1, 0.15) is 12.1 Å². The number of carbonyl (C=O) groups is 9. The largest absolute Gasteiger partial charge is 0.512 e. The predicted octanol–water partition coefficient (Wildman–Crippen LogP) is -0.103. The molecule has 5 atom stereocenters. The van der Waals surface area contributed by atoms with Crippen molar-refractivity contribution in [1.29, 1.82) is 0 Å². The summed E-state index contributed by atoms with van der Waals surface area (Å²) in [7, 11) is 0. The summed E-state index contributed by atoms with van der Waals surface area (Å²) in [5, 5.41) is 76.7. The van der Waals surface area contributed by atoms with Crippen molar-refractivity contribution >= 4 is 59.2 Å². The third kappa shape index (κ3) is 23.6. The van der Waals surface area contributed by atoms with Crippen LogP contribution in [0.5, 0.6) is 0 Å². The van der Waals surface area contributed by atoms with Gasteiger partial charge in [0, 0.05) is 82.8 Å². The fourth-order valence-electron chi connectivity index (χ4n) is 7.33. The number of anilines is 1. The average molecular weight is 951 g/mol. The lowest BCUT2D eigenvalue weighted by atomic mass is 9.99. The highest BCUT2D eigenvalue weighted by molar-refractivity contribution is 5.91. The monoisotopic (exact) mass is 950 g/mol. The van der Waals surface area contributed by atoms with Crippen molar-refractivity contribution < 1.29 is 78.9 Å². The van der Waals surface area contributed by atoms with Crippen molar-refractivity contribution in [3.8, 4) is 0 Å². The maximum Gasteiger partial charge on any atom is 0.326 e. The van der Waals surface area contributed by atoms with E-state index >= 15 is 0 Å². The number of benzene rings is 1. The van der Waals surface area contributed by atoms with E-state index in [4.69, 9.17) is 5.11 Å². The number of carboxylic acids is 6. The number of amides is 3. The lowest BCUT2D eigenvalue weighted by molar-refractivity contribution is -0.141. The summed E-state index contributed by atoms with van der Waals surface area (Å²) in [6, 6.07) is 1.84. The molecule has 24 heteroatoms. The molecule has 0 saturated carbocycles. The Bertz CT molecular complexity index is 1870. The number of urea groups is 1. The van der Waals surface area contributed by atoms with Gasteiger partial charge in [-0.15, -0.1) is 0 Å². The summed E-state index contributed by atoms with van der Waals surface area (Å²) < 4.78 is 0. The van der Waals surface area contributed by atoms with Crippen molar-refractivity contribution in [2.24, 2.45) is 5.92 Å². The molecule has 1 aromatic carbocycles. The first kappa shape index (κ1) is 56.8. The summed E-state index contributed by atoms with van der Waals surface area (Å²) in [6.07, 6.45) is -0.234. The first-order valence-electron chi connectivity index (χ1n) is 21.9. The zero-order chi connectivity index (χ0) is 50.2. The number of nitrogens with one attached hydrogen (secondary N) is 4. The minimum absolute atomic E-state index is 0.0581. The highest BCUT2D eigenvalue weighted by atomic mass is 16.4. The van der Waals surface area contributed by atoms with Crippen LogP contribution in [-0.2, 0) is 44.8 Å². The molecule has 0 aromatic heterocycles. The molecule has 1 heterocycles. The number of carboxylic acid groups (broad SMARTS) is 6. The van der Waals surface area contributed by atoms with Gasteiger partial charge >= 0.3 is 41.8 Å². The van der Waals surface area contributed by atoms with Crippen LogP contribution >= 0.6 is 0 Å². The van der Waals surface area contributed by atoms with Gasteiger partial charge < -0.3 is 57.0 Å². The number of nitrogens with zero attached hydrogens (tertiary/aromatic N) is 4. The number of ketones is 1. The summed E-state index contributed by atoms with van der Waals surface area (Å²) in [6.45, 7) is 7.76. The number of unbranched alkanes of at least 4 members (excludes halogenated alkanes) is 1. The van der Waals surface area contributed by atoms with Crippen LogP contribution in [0.3, 0.4) is 0 Å². The van der Waals surface area contributed by atoms with Crippen molar-refractivity contribution in [3.63, 3.8) is 0 Å². The van der Waals surface area contributed by atoms with E-state index in [9.17, 15) is 73.8 Å². The fraction of sp³-hybridized carbons (Fsp3) is 0.605. The van der Waals surface area contributed by atoms with Crippen LogP contribution in [0.15, 0.2) is 36.6 Å². The second kappa shape index (κ2) is 29.3. The number of aliphatic hydroxyl groups excluding tert-OH is 1. The molecule has 1 aliphatic rings. The van der Waals surface area contributed by atoms with Crippen molar-refractivity contribution in [1.82, 2.24) is 35.6 Å². The van der Waals surface area contributed by atoms with Crippen LogP contribution in [0.2, 0.25) is 0 Å². The highest BCUT2D eigenvalue weighted by Crippen LogP contribution is 2.18. The van der Waals surface area contributed by atoms with Crippen LogP contribution in [0, 0.1) is 5.92 Å². The van der Waals surface area contributed by atoms with Gasteiger partial charge in [0.25, 0.3) is 0 Å². The van der Waals surface area contributed by atoms with Crippen molar-refractivity contribution in [2.45, 2.75) is 83.0 Å². The smallest absolute Gasteiger partial charge is 0.326 e. The molecular weight excluding hydrogens is 885 g/mol. The van der Waals surface area contributed by atoms with Crippen LogP contribution in [-0.4, -0.2) is 212 Å². The Morgan fingerprint density at radius 2 is 1.18 bits per heavy atom. The lowest BCUT2D eigenvalue weighted by Crippen LogP contribution is -2.53. The summed E-state index contributed by atoms with van der Waals surface area (Å²) >= 11 is 0. The minimum Gasteiger partial charge on any atom is -0.512 e. The van der Waals surface area contributed by atoms with Gasteiger partial charge in [-0.25, -0.2) is 14.4 Å². The fourth-order valence-corrected chi connectivity index (χ4v) is 7.33. The number of Topliss-reactive ketones (excluding diaryl/α,β-unsaturated/α-hetero) is 1. The molecule has 374 valence electrons. The maximum atomic E-state index is 13.2. The number of rotatable bonds is 28. The van der Waals surface area contributed by atoms with E-state index in [1.54, 1.807) is 52.8 Å². The zero-order valence-corrected chi connectivity index (χ0v) is 37.9. The third-order valence-corrected chi connectivity index (χ3v) is 10.9. The molecule has 0 radical (unpaired) electrons. The Hall–Kier alpha value is -6.37. The molecule has 0 aliphatic carbocycles. The minimum atomic E-state index is -1.54. The highest BCUT2D eigenvalue weighted by Gasteiger charge is 2.29. The van der Waals surface area contributed by atoms with Crippen molar-refractivity contribution in [3.05, 3.63) is 42.2 Å². The molecule has 0 bridgehead atoms. The van der Waals surface area contributed by atoms with E-state index in [1.807, 2.05) is 4.90 Å². The topological polar surface area (TPSA) is 356 Å². The number of hydrogen-bond acceptors (Lipinski definition) is 15. The Morgan fingerprint density at radius 3 is 1.72 bits per heavy atom. The summed E-state index contributed by atoms with van der Waals surface area (Å²) in [5.41, 5.74) is 1.37. The second-order valence-electron chi connectivity index (χ2n) is 16.6. The molecule has 1 aliphatic heterocycles. The molecule has 67 heavy (non-hydrogen) atoms. The SMILES string of the molecule is C=C(O)CN1CCN(CC(=O)O)CCN(CC(=O)O)CC(Cc2ccc(N[C@H](C)C(=O)C[C@H](C)C(=O)NCCCC[C@H](NC(=O)N[C@@H](CCC(=O)O)C(=O)O)C(=O)O)cc2)N(CC(=O)O)CC1. The summed E-state index contributed by atoms with van der Waals surface area (Å²) in [4.78, 5) is 115. The Morgan fingerprint density at radius 1 is 0.657 bits per heavy atom. The van der Waals surface area contributed by atoms with Crippen LogP contribution in [0.4, 0.5) is 10.5 Å². The Balaban J connectivity index is 2.02. The molecule has 3 amide bonds. The second-order valence-corrected chi connectivity index (χ2v) is 16.6. The molecular formula is C43H66N8O16. The van der Waals surface area contributed by atoms with Crippen LogP contribution < -0.4 is 21.3 Å². The van der Waals surface area contributed by atoms with Gasteiger partial charge in [-0.05, 0) is 56.7 Å². The normalized spacial score (nSPS) is 17.5. The lowest BCUT2D eigenvalue weighted by Gasteiger charge is -2.37. The Kier molecular flexibility index (Phi) is 24.8. The maximum absolute atomic E-state index is 13.2. The molecule has 11 N–H and O–H groups in total. The Labute approximate surface area is 387 Å². The standard InChI is InChI=1S/C43H66N8O16/c1-27(40(62)44-13-5-4-6-33(41(63)64)46-43(67)47-34(42(65)66)11-12-36(54)55)20-35(53)29(3)45-31-9-7-30(8-10-31)21-32-23-50(25-38(58)59)17-16-49(24-37(56)57)15-14-48(22-28(2)52)18-19-51(32)26-39(60)61/h7-10,27,29,32-34,45,52H,2,4-6,11-26H2,1,3H3,(H,44,62)(H,54,55)(H,56,57)(H,58,59)(H,60,61)(H,63,64)(H,65,66)(H2,46,47,67)/t27-,29+,32?,33-,34-/m0/s1. The predicted molar refractivity (Wildman–Crippen MR) is 240 cm³/mol. The van der Waals surface area contributed by atoms with Gasteiger partial charge in [-0.1, -0.05) is 25.6 Å². The van der Waals surface area contributed by atoms with Crippen LogP contribution in [0.25, 0.3) is 0 Å². The first-order chi connectivity index (χ1) is 31.5. The van der Waals surface area contributed by atoms with Gasteiger partial charge in [-0.2, -0.15) is 0 Å². The van der Waals surface area contributed by atoms with E-state index in [2.05, 4.69) is 27.8 Å². The van der Waals surface area contributed by atoms with Crippen LogP contribution in [0.1, 0.15) is 57.9 Å². The van der Waals surface area contributed by atoms with E-state index in [0.29, 0.717) is 38.2 Å².